The number of amides is 1. The second-order valence-electron chi connectivity index (χ2n) is 5.67. The van der Waals surface area contributed by atoms with E-state index in [2.05, 4.69) is 35.6 Å². The highest BCUT2D eigenvalue weighted by Gasteiger charge is 2.18. The van der Waals surface area contributed by atoms with Gasteiger partial charge in [0.2, 0.25) is 0 Å². The van der Waals surface area contributed by atoms with Crippen LogP contribution in [0, 0.1) is 13.8 Å². The molecule has 0 fully saturated rings. The van der Waals surface area contributed by atoms with Gasteiger partial charge in [-0.2, -0.15) is 4.68 Å². The van der Waals surface area contributed by atoms with Crippen LogP contribution in [0.4, 0.5) is 5.13 Å². The van der Waals surface area contributed by atoms with Crippen LogP contribution in [0.15, 0.2) is 42.2 Å². The largest absolute Gasteiger partial charge is 0.296 e. The number of hydrogen-bond donors (Lipinski definition) is 1. The third kappa shape index (κ3) is 3.42. The Kier molecular flexibility index (Phi) is 4.38. The van der Waals surface area contributed by atoms with Crippen molar-refractivity contribution in [2.24, 2.45) is 0 Å². The van der Waals surface area contributed by atoms with E-state index in [0.29, 0.717) is 10.8 Å². The zero-order chi connectivity index (χ0) is 18.8. The van der Waals surface area contributed by atoms with Gasteiger partial charge in [-0.25, -0.2) is 15.0 Å². The Morgan fingerprint density at radius 3 is 2.70 bits per heavy atom. The summed E-state index contributed by atoms with van der Waals surface area (Å²) in [6.45, 7) is 3.96. The summed E-state index contributed by atoms with van der Waals surface area (Å²) in [6.07, 6.45) is 4.48. The van der Waals surface area contributed by atoms with Gasteiger partial charge in [0.1, 0.15) is 5.69 Å². The van der Waals surface area contributed by atoms with Crippen molar-refractivity contribution in [3.05, 3.63) is 59.1 Å². The van der Waals surface area contributed by atoms with Crippen LogP contribution in [0.3, 0.4) is 0 Å². The molecule has 0 aliphatic carbocycles. The first-order chi connectivity index (χ1) is 13.1. The van der Waals surface area contributed by atoms with Crippen molar-refractivity contribution in [1.82, 2.24) is 34.9 Å². The van der Waals surface area contributed by atoms with Gasteiger partial charge in [-0.05, 0) is 31.5 Å². The van der Waals surface area contributed by atoms with Crippen LogP contribution in [-0.2, 0) is 0 Å². The van der Waals surface area contributed by atoms with Crippen molar-refractivity contribution in [1.29, 1.82) is 0 Å². The molecule has 0 aromatic carbocycles. The van der Waals surface area contributed by atoms with Crippen molar-refractivity contribution in [3.63, 3.8) is 0 Å². The van der Waals surface area contributed by atoms with E-state index in [-0.39, 0.29) is 11.6 Å². The third-order valence-electron chi connectivity index (χ3n) is 3.86. The molecule has 10 heteroatoms. The highest BCUT2D eigenvalue weighted by Crippen LogP contribution is 2.24. The van der Waals surface area contributed by atoms with Crippen LogP contribution >= 0.6 is 11.3 Å². The molecular weight excluding hydrogens is 364 g/mol. The van der Waals surface area contributed by atoms with Gasteiger partial charge < -0.3 is 0 Å². The van der Waals surface area contributed by atoms with Crippen LogP contribution in [0.25, 0.3) is 17.3 Å². The van der Waals surface area contributed by atoms with Crippen molar-refractivity contribution in [2.75, 3.05) is 5.32 Å². The first-order valence-corrected chi connectivity index (χ1v) is 8.89. The Morgan fingerprint density at radius 1 is 1.11 bits per heavy atom. The van der Waals surface area contributed by atoms with Crippen LogP contribution < -0.4 is 5.32 Å². The van der Waals surface area contributed by atoms with Gasteiger partial charge in [-0.15, -0.1) is 16.4 Å². The molecule has 0 spiro atoms. The SMILES string of the molecule is Cc1ccc(-c2csc(NC(=O)c3cnnn3-c3ncccn3)n2)nc1C. The van der Waals surface area contributed by atoms with E-state index in [9.17, 15) is 4.79 Å². The van der Waals surface area contributed by atoms with Gasteiger partial charge in [-0.1, -0.05) is 11.3 Å². The molecule has 0 unspecified atom stereocenters. The number of nitrogens with one attached hydrogen (secondary N) is 1. The summed E-state index contributed by atoms with van der Waals surface area (Å²) in [5.41, 5.74) is 3.74. The van der Waals surface area contributed by atoms with Crippen molar-refractivity contribution in [3.8, 4) is 17.3 Å². The normalized spacial score (nSPS) is 10.7. The first kappa shape index (κ1) is 16.9. The number of anilines is 1. The second-order valence-corrected chi connectivity index (χ2v) is 6.53. The number of aryl methyl sites for hydroxylation is 2. The van der Waals surface area contributed by atoms with Crippen LogP contribution in [-0.4, -0.2) is 40.8 Å². The Hall–Kier alpha value is -3.53. The zero-order valence-corrected chi connectivity index (χ0v) is 15.3. The smallest absolute Gasteiger partial charge is 0.277 e. The summed E-state index contributed by atoms with van der Waals surface area (Å²) in [7, 11) is 0. The van der Waals surface area contributed by atoms with Gasteiger partial charge in [0, 0.05) is 23.5 Å². The summed E-state index contributed by atoms with van der Waals surface area (Å²) in [5, 5.41) is 12.7. The minimum Gasteiger partial charge on any atom is -0.296 e. The number of carbonyl (C=O) groups excluding carboxylic acids is 1. The average molecular weight is 378 g/mol. The number of hydrogen-bond acceptors (Lipinski definition) is 8. The fraction of sp³-hybridized carbons (Fsp3) is 0.118. The fourth-order valence-corrected chi connectivity index (χ4v) is 3.02. The molecule has 4 aromatic rings. The molecule has 1 N–H and O–H groups in total. The highest BCUT2D eigenvalue weighted by atomic mass is 32.1. The number of rotatable bonds is 4. The molecule has 0 atom stereocenters. The lowest BCUT2D eigenvalue weighted by Gasteiger charge is -2.04. The maximum atomic E-state index is 12.6. The first-order valence-electron chi connectivity index (χ1n) is 8.01. The quantitative estimate of drug-likeness (QED) is 0.580. The van der Waals surface area contributed by atoms with Crippen LogP contribution in [0.2, 0.25) is 0 Å². The maximum absolute atomic E-state index is 12.6. The van der Waals surface area contributed by atoms with Crippen LogP contribution in [0.1, 0.15) is 21.7 Å². The molecule has 0 saturated carbocycles. The Labute approximate surface area is 158 Å². The van der Waals surface area contributed by atoms with E-state index in [1.54, 1.807) is 18.5 Å². The number of nitrogens with zero attached hydrogens (tertiary/aromatic N) is 7. The van der Waals surface area contributed by atoms with Gasteiger partial charge >= 0.3 is 0 Å². The van der Waals surface area contributed by atoms with Crippen LogP contribution in [0.5, 0.6) is 0 Å². The molecule has 0 aliphatic heterocycles. The molecule has 134 valence electrons. The monoisotopic (exact) mass is 378 g/mol. The molecular formula is C17H14N8OS. The predicted octanol–water partition coefficient (Wildman–Crippen LogP) is 2.44. The lowest BCUT2D eigenvalue weighted by Crippen LogP contribution is -2.18. The third-order valence-corrected chi connectivity index (χ3v) is 4.62. The summed E-state index contributed by atoms with van der Waals surface area (Å²) in [6, 6.07) is 5.59. The maximum Gasteiger partial charge on any atom is 0.277 e. The van der Waals surface area contributed by atoms with E-state index in [0.717, 1.165) is 17.0 Å². The average Bonchev–Trinajstić information content (AvgIpc) is 3.34. The molecule has 0 radical (unpaired) electrons. The van der Waals surface area contributed by atoms with E-state index >= 15 is 0 Å². The predicted molar refractivity (Wildman–Crippen MR) is 99.7 cm³/mol. The minimum absolute atomic E-state index is 0.210. The summed E-state index contributed by atoms with van der Waals surface area (Å²) < 4.78 is 1.27. The molecule has 9 nitrogen and oxygen atoms in total. The standard InChI is InChI=1S/C17H14N8OS/c1-10-4-5-12(21-11(10)2)13-9-27-17(22-13)23-15(26)14-8-20-24-25(14)16-18-6-3-7-19-16/h3-9H,1-2H3,(H,22,23,26). The number of thiazole rings is 1. The Balaban J connectivity index is 1.56. The van der Waals surface area contributed by atoms with Crippen molar-refractivity contribution < 1.29 is 4.79 Å². The summed E-state index contributed by atoms with van der Waals surface area (Å²) >= 11 is 1.32. The van der Waals surface area contributed by atoms with Gasteiger partial charge in [0.25, 0.3) is 11.9 Å². The number of pyridine rings is 1. The Morgan fingerprint density at radius 2 is 1.93 bits per heavy atom. The molecule has 4 heterocycles. The van der Waals surface area contributed by atoms with Gasteiger partial charge in [0.15, 0.2) is 10.8 Å². The molecule has 0 bridgehead atoms. The molecule has 0 saturated heterocycles. The molecule has 4 rings (SSSR count). The zero-order valence-electron chi connectivity index (χ0n) is 14.5. The van der Waals surface area contributed by atoms with Crippen molar-refractivity contribution >= 4 is 22.4 Å². The van der Waals surface area contributed by atoms with E-state index in [4.69, 9.17) is 0 Å². The topological polar surface area (TPSA) is 111 Å². The molecule has 4 aromatic heterocycles. The lowest BCUT2D eigenvalue weighted by molar-refractivity contribution is 0.101. The molecule has 27 heavy (non-hydrogen) atoms. The molecule has 0 aliphatic rings. The Bertz CT molecular complexity index is 1110. The van der Waals surface area contributed by atoms with Gasteiger partial charge in [0.05, 0.1) is 11.9 Å². The summed E-state index contributed by atoms with van der Waals surface area (Å²) in [5.74, 6) is -0.138. The molecule has 1 amide bonds. The number of aromatic nitrogens is 7. The van der Waals surface area contributed by atoms with Gasteiger partial charge in [-0.3, -0.25) is 15.1 Å². The van der Waals surface area contributed by atoms with E-state index in [1.165, 1.54) is 22.2 Å². The fourth-order valence-electron chi connectivity index (χ4n) is 2.32. The van der Waals surface area contributed by atoms with E-state index in [1.807, 2.05) is 31.4 Å². The lowest BCUT2D eigenvalue weighted by atomic mass is 10.2. The minimum atomic E-state index is -0.401. The van der Waals surface area contributed by atoms with Crippen molar-refractivity contribution in [2.45, 2.75) is 13.8 Å². The summed E-state index contributed by atoms with van der Waals surface area (Å²) in [4.78, 5) is 29.7. The highest BCUT2D eigenvalue weighted by molar-refractivity contribution is 7.14. The second kappa shape index (κ2) is 7.00. The van der Waals surface area contributed by atoms with E-state index < -0.39 is 5.91 Å². The number of carbonyl (C=O) groups is 1.